The standard InChI is InChI=1S/C19H21N3O7/c1-3-10-20-18(24)12(2)21-17(23)11-28-19(25)16-9-8-15(29-16)13-4-6-14(7-5-13)22(26)27/h4-9,12H,3,10-11H2,1-2H3,(H,20,24)(H,21,23)/t12-/m1/s1. The van der Waals surface area contributed by atoms with E-state index in [0.717, 1.165) is 6.42 Å². The number of hydrogen-bond acceptors (Lipinski definition) is 7. The number of hydrogen-bond donors (Lipinski definition) is 2. The summed E-state index contributed by atoms with van der Waals surface area (Å²) in [5.74, 6) is -1.61. The Morgan fingerprint density at radius 1 is 1.17 bits per heavy atom. The normalized spacial score (nSPS) is 11.4. The van der Waals surface area contributed by atoms with E-state index in [1.165, 1.54) is 43.3 Å². The van der Waals surface area contributed by atoms with Crippen molar-refractivity contribution in [2.24, 2.45) is 0 Å². The van der Waals surface area contributed by atoms with Crippen LogP contribution in [0.15, 0.2) is 40.8 Å². The molecule has 0 aliphatic heterocycles. The molecule has 1 atom stereocenters. The molecule has 0 aliphatic carbocycles. The molecule has 1 heterocycles. The van der Waals surface area contributed by atoms with Gasteiger partial charge in [-0.3, -0.25) is 19.7 Å². The summed E-state index contributed by atoms with van der Waals surface area (Å²) >= 11 is 0. The van der Waals surface area contributed by atoms with E-state index < -0.39 is 29.4 Å². The maximum absolute atomic E-state index is 12.0. The molecule has 1 aromatic carbocycles. The molecule has 29 heavy (non-hydrogen) atoms. The summed E-state index contributed by atoms with van der Waals surface area (Å²) in [6.07, 6.45) is 0.773. The number of nitrogens with zero attached hydrogens (tertiary/aromatic N) is 1. The third kappa shape index (κ3) is 6.16. The lowest BCUT2D eigenvalue weighted by atomic mass is 10.1. The van der Waals surface area contributed by atoms with Gasteiger partial charge in [-0.1, -0.05) is 6.92 Å². The van der Waals surface area contributed by atoms with Crippen LogP contribution in [0.25, 0.3) is 11.3 Å². The Bertz CT molecular complexity index is 889. The van der Waals surface area contributed by atoms with E-state index >= 15 is 0 Å². The third-order valence-electron chi connectivity index (χ3n) is 3.82. The fourth-order valence-corrected chi connectivity index (χ4v) is 2.30. The zero-order valence-electron chi connectivity index (χ0n) is 16.0. The average Bonchev–Trinajstić information content (AvgIpc) is 3.20. The van der Waals surface area contributed by atoms with Crippen LogP contribution in [0.3, 0.4) is 0 Å². The van der Waals surface area contributed by atoms with Crippen LogP contribution in [0.5, 0.6) is 0 Å². The second-order valence-corrected chi connectivity index (χ2v) is 6.12. The van der Waals surface area contributed by atoms with Crippen LogP contribution < -0.4 is 10.6 Å². The van der Waals surface area contributed by atoms with Gasteiger partial charge in [-0.05, 0) is 37.6 Å². The molecule has 2 N–H and O–H groups in total. The summed E-state index contributed by atoms with van der Waals surface area (Å²) in [6.45, 7) is 3.36. The van der Waals surface area contributed by atoms with Crippen LogP contribution in [0.2, 0.25) is 0 Å². The van der Waals surface area contributed by atoms with E-state index in [1.54, 1.807) is 0 Å². The molecule has 2 aromatic rings. The van der Waals surface area contributed by atoms with Gasteiger partial charge in [0, 0.05) is 24.2 Å². The quantitative estimate of drug-likeness (QED) is 0.371. The summed E-state index contributed by atoms with van der Waals surface area (Å²) in [7, 11) is 0. The fourth-order valence-electron chi connectivity index (χ4n) is 2.30. The highest BCUT2D eigenvalue weighted by atomic mass is 16.6. The SMILES string of the molecule is CCCNC(=O)[C@@H](C)NC(=O)COC(=O)c1ccc(-c2ccc([N+](=O)[O-])cc2)o1. The first-order valence-electron chi connectivity index (χ1n) is 8.90. The predicted octanol–water partition coefficient (Wildman–Crippen LogP) is 2.04. The highest BCUT2D eigenvalue weighted by Crippen LogP contribution is 2.24. The van der Waals surface area contributed by atoms with E-state index in [1.807, 2.05) is 6.92 Å². The Labute approximate surface area is 166 Å². The molecule has 0 spiro atoms. The molecular formula is C19H21N3O7. The zero-order chi connectivity index (χ0) is 21.4. The number of ether oxygens (including phenoxy) is 1. The van der Waals surface area contributed by atoms with Gasteiger partial charge in [0.05, 0.1) is 4.92 Å². The van der Waals surface area contributed by atoms with Gasteiger partial charge < -0.3 is 19.8 Å². The largest absolute Gasteiger partial charge is 0.450 e. The molecule has 0 aliphatic rings. The second kappa shape index (κ2) is 10.0. The summed E-state index contributed by atoms with van der Waals surface area (Å²) in [6, 6.07) is 7.74. The smallest absolute Gasteiger partial charge is 0.374 e. The lowest BCUT2D eigenvalue weighted by Crippen LogP contribution is -2.46. The lowest BCUT2D eigenvalue weighted by molar-refractivity contribution is -0.384. The fraction of sp³-hybridized carbons (Fsp3) is 0.316. The number of benzene rings is 1. The summed E-state index contributed by atoms with van der Waals surface area (Å²) in [4.78, 5) is 45.7. The summed E-state index contributed by atoms with van der Waals surface area (Å²) in [5, 5.41) is 15.8. The summed E-state index contributed by atoms with van der Waals surface area (Å²) in [5.41, 5.74) is 0.475. The Hall–Kier alpha value is -3.69. The molecule has 0 bridgehead atoms. The van der Waals surface area contributed by atoms with E-state index in [-0.39, 0.29) is 17.4 Å². The topological polar surface area (TPSA) is 141 Å². The molecule has 154 valence electrons. The number of esters is 1. The Morgan fingerprint density at radius 2 is 1.86 bits per heavy atom. The number of nitro groups is 1. The van der Waals surface area contributed by atoms with Gasteiger partial charge in [0.2, 0.25) is 11.7 Å². The highest BCUT2D eigenvalue weighted by molar-refractivity contribution is 5.91. The molecule has 10 nitrogen and oxygen atoms in total. The van der Waals surface area contributed by atoms with Crippen molar-refractivity contribution in [1.82, 2.24) is 10.6 Å². The third-order valence-corrected chi connectivity index (χ3v) is 3.82. The Balaban J connectivity index is 1.87. The number of nitrogens with one attached hydrogen (secondary N) is 2. The van der Waals surface area contributed by atoms with Crippen LogP contribution in [0.4, 0.5) is 5.69 Å². The number of furan rings is 1. The van der Waals surface area contributed by atoms with Gasteiger partial charge in [0.25, 0.3) is 11.6 Å². The van der Waals surface area contributed by atoms with Crippen LogP contribution >= 0.6 is 0 Å². The van der Waals surface area contributed by atoms with E-state index in [0.29, 0.717) is 17.9 Å². The van der Waals surface area contributed by atoms with Gasteiger partial charge >= 0.3 is 5.97 Å². The minimum absolute atomic E-state index is 0.0662. The van der Waals surface area contributed by atoms with Crippen molar-refractivity contribution in [1.29, 1.82) is 0 Å². The average molecular weight is 403 g/mol. The highest BCUT2D eigenvalue weighted by Gasteiger charge is 2.18. The van der Waals surface area contributed by atoms with Gasteiger partial charge in [-0.2, -0.15) is 0 Å². The van der Waals surface area contributed by atoms with Gasteiger partial charge in [-0.25, -0.2) is 4.79 Å². The summed E-state index contributed by atoms with van der Waals surface area (Å²) < 4.78 is 10.3. The second-order valence-electron chi connectivity index (χ2n) is 6.12. The van der Waals surface area contributed by atoms with Crippen molar-refractivity contribution >= 4 is 23.5 Å². The molecule has 0 radical (unpaired) electrons. The molecule has 0 unspecified atom stereocenters. The molecule has 0 saturated carbocycles. The minimum Gasteiger partial charge on any atom is -0.450 e. The van der Waals surface area contributed by atoms with Gasteiger partial charge in [0.1, 0.15) is 11.8 Å². The first kappa shape index (κ1) is 21.6. The molecule has 0 fully saturated rings. The van der Waals surface area contributed by atoms with E-state index in [2.05, 4.69) is 10.6 Å². The van der Waals surface area contributed by atoms with Crippen LogP contribution in [0.1, 0.15) is 30.8 Å². The minimum atomic E-state index is -0.851. The maximum Gasteiger partial charge on any atom is 0.374 e. The molecular weight excluding hydrogens is 382 g/mol. The monoisotopic (exact) mass is 403 g/mol. The Morgan fingerprint density at radius 3 is 2.48 bits per heavy atom. The first-order valence-corrected chi connectivity index (χ1v) is 8.90. The van der Waals surface area contributed by atoms with Crippen LogP contribution in [-0.2, 0) is 14.3 Å². The lowest BCUT2D eigenvalue weighted by Gasteiger charge is -2.13. The van der Waals surface area contributed by atoms with Gasteiger partial charge in [0.15, 0.2) is 6.61 Å². The Kier molecular flexibility index (Phi) is 7.47. The number of non-ortho nitro benzene ring substituents is 1. The number of amides is 2. The number of carbonyl (C=O) groups is 3. The zero-order valence-corrected chi connectivity index (χ0v) is 16.0. The molecule has 0 saturated heterocycles. The van der Waals surface area contributed by atoms with Crippen molar-refractivity contribution in [3.63, 3.8) is 0 Å². The molecule has 2 rings (SSSR count). The van der Waals surface area contributed by atoms with Gasteiger partial charge in [-0.15, -0.1) is 0 Å². The van der Waals surface area contributed by atoms with Crippen LogP contribution in [0, 0.1) is 10.1 Å². The number of carbonyl (C=O) groups excluding carboxylic acids is 3. The first-order chi connectivity index (χ1) is 13.8. The van der Waals surface area contributed by atoms with E-state index in [4.69, 9.17) is 9.15 Å². The molecule has 10 heteroatoms. The van der Waals surface area contributed by atoms with Crippen molar-refractivity contribution < 1.29 is 28.5 Å². The van der Waals surface area contributed by atoms with Crippen molar-refractivity contribution in [2.45, 2.75) is 26.3 Å². The maximum atomic E-state index is 12.0. The van der Waals surface area contributed by atoms with Crippen molar-refractivity contribution in [3.05, 3.63) is 52.3 Å². The van der Waals surface area contributed by atoms with E-state index in [9.17, 15) is 24.5 Å². The molecule has 2 amide bonds. The van der Waals surface area contributed by atoms with Crippen molar-refractivity contribution in [3.8, 4) is 11.3 Å². The number of nitro benzene ring substituents is 1. The van der Waals surface area contributed by atoms with Crippen molar-refractivity contribution in [2.75, 3.05) is 13.2 Å². The molecule has 1 aromatic heterocycles. The predicted molar refractivity (Wildman–Crippen MR) is 102 cm³/mol. The number of rotatable bonds is 9. The van der Waals surface area contributed by atoms with Crippen LogP contribution in [-0.4, -0.2) is 41.9 Å².